The summed E-state index contributed by atoms with van der Waals surface area (Å²) in [5, 5.41) is 0. The van der Waals surface area contributed by atoms with Gasteiger partial charge in [0.2, 0.25) is 0 Å². The molecule has 0 unspecified atom stereocenters. The highest BCUT2D eigenvalue weighted by atomic mass is 14.1. The average Bonchev–Trinajstić information content (AvgIpc) is 1.59. The third-order valence-electron chi connectivity index (χ3n) is 1.39. The molecule has 0 aromatic carbocycles. The summed E-state index contributed by atoms with van der Waals surface area (Å²) in [7, 11) is 0. The molecule has 0 amide bonds. The Morgan fingerprint density at radius 3 is 2.00 bits per heavy atom. The highest BCUT2D eigenvalue weighted by Gasteiger charge is 2.09. The predicted molar refractivity (Wildman–Crippen MR) is 47.8 cm³/mol. The van der Waals surface area contributed by atoms with E-state index < -0.39 is 0 Å². The molecular weight excluding hydrogens is 120 g/mol. The van der Waals surface area contributed by atoms with Crippen LogP contribution in [0.4, 0.5) is 0 Å². The van der Waals surface area contributed by atoms with E-state index in [4.69, 9.17) is 0 Å². The Labute approximate surface area is 66.0 Å². The van der Waals surface area contributed by atoms with Crippen LogP contribution in [0.15, 0.2) is 0 Å². The first-order chi connectivity index (χ1) is 4.42. The second-order valence-corrected chi connectivity index (χ2v) is 4.68. The van der Waals surface area contributed by atoms with Crippen LogP contribution in [0.1, 0.15) is 47.5 Å². The molecule has 0 nitrogen and oxygen atoms in total. The zero-order valence-corrected chi connectivity index (χ0v) is 8.07. The van der Waals surface area contributed by atoms with Crippen LogP contribution in [0.5, 0.6) is 0 Å². The molecule has 0 aromatic rings. The zero-order valence-electron chi connectivity index (χ0n) is 8.07. The Bertz CT molecular complexity index is 74.5. The first-order valence-electron chi connectivity index (χ1n) is 4.23. The monoisotopic (exact) mass is 141 g/mol. The first kappa shape index (κ1) is 10.0. The van der Waals surface area contributed by atoms with Gasteiger partial charge in [-0.15, -0.1) is 0 Å². The minimum absolute atomic E-state index is 0.481. The second kappa shape index (κ2) is 4.00. The van der Waals surface area contributed by atoms with Crippen molar-refractivity contribution < 1.29 is 0 Å². The minimum Gasteiger partial charge on any atom is -0.0628 e. The van der Waals surface area contributed by atoms with E-state index in [0.717, 1.165) is 5.92 Å². The lowest BCUT2D eigenvalue weighted by Crippen LogP contribution is -2.05. The number of rotatable bonds is 3. The molecule has 0 rings (SSSR count). The third-order valence-corrected chi connectivity index (χ3v) is 1.39. The zero-order chi connectivity index (χ0) is 8.20. The Morgan fingerprint density at radius 1 is 1.20 bits per heavy atom. The topological polar surface area (TPSA) is 0 Å². The van der Waals surface area contributed by atoms with Crippen molar-refractivity contribution in [2.24, 2.45) is 11.3 Å². The lowest BCUT2D eigenvalue weighted by molar-refractivity contribution is 0.394. The second-order valence-electron chi connectivity index (χ2n) is 4.68. The Morgan fingerprint density at radius 2 is 1.70 bits per heavy atom. The van der Waals surface area contributed by atoms with Crippen molar-refractivity contribution in [1.29, 1.82) is 0 Å². The average molecular weight is 141 g/mol. The summed E-state index contributed by atoms with van der Waals surface area (Å²) in [6.45, 7) is 11.4. The molecule has 1 radical (unpaired) electrons. The molecule has 0 bridgehead atoms. The van der Waals surface area contributed by atoms with Crippen molar-refractivity contribution in [3.05, 3.63) is 6.42 Å². The molecular formula is C10H21. The molecule has 0 aromatic heterocycles. The smallest absolute Gasteiger partial charge is 0.0378 e. The molecule has 10 heavy (non-hydrogen) atoms. The Kier molecular flexibility index (Phi) is 4.00. The van der Waals surface area contributed by atoms with Gasteiger partial charge in [-0.1, -0.05) is 34.6 Å². The molecule has 0 aliphatic heterocycles. The van der Waals surface area contributed by atoms with Gasteiger partial charge in [0.25, 0.3) is 0 Å². The molecule has 0 aliphatic rings. The fraction of sp³-hybridized carbons (Fsp3) is 0.900. The molecule has 0 atom stereocenters. The Balaban J connectivity index is 3.21. The van der Waals surface area contributed by atoms with Gasteiger partial charge in [-0.05, 0) is 30.6 Å². The highest BCUT2D eigenvalue weighted by molar-refractivity contribution is 4.74. The number of hydrogen-bond donors (Lipinski definition) is 0. The fourth-order valence-electron chi connectivity index (χ4n) is 0.850. The van der Waals surface area contributed by atoms with Crippen LogP contribution in [-0.4, -0.2) is 0 Å². The van der Waals surface area contributed by atoms with Crippen LogP contribution >= 0.6 is 0 Å². The molecule has 0 N–H and O–H groups in total. The molecule has 0 fully saturated rings. The standard InChI is InChI=1S/C10H21/c1-9(2)7-6-8-10(3,4)5/h6,9H,7-8H2,1-5H3. The van der Waals surface area contributed by atoms with Gasteiger partial charge in [0.15, 0.2) is 0 Å². The summed E-state index contributed by atoms with van der Waals surface area (Å²) in [6.07, 6.45) is 4.91. The van der Waals surface area contributed by atoms with Crippen LogP contribution in [0.25, 0.3) is 0 Å². The van der Waals surface area contributed by atoms with E-state index in [-0.39, 0.29) is 0 Å². The lowest BCUT2D eigenvalue weighted by Gasteiger charge is -2.17. The summed E-state index contributed by atoms with van der Waals surface area (Å²) in [4.78, 5) is 0. The van der Waals surface area contributed by atoms with Crippen LogP contribution in [-0.2, 0) is 0 Å². The van der Waals surface area contributed by atoms with Gasteiger partial charge in [0.05, 0.1) is 0 Å². The summed E-state index contributed by atoms with van der Waals surface area (Å²) >= 11 is 0. The van der Waals surface area contributed by atoms with Crippen molar-refractivity contribution in [3.63, 3.8) is 0 Å². The van der Waals surface area contributed by atoms with Crippen molar-refractivity contribution in [3.8, 4) is 0 Å². The minimum atomic E-state index is 0.481. The van der Waals surface area contributed by atoms with E-state index in [9.17, 15) is 0 Å². The van der Waals surface area contributed by atoms with Crippen molar-refractivity contribution in [1.82, 2.24) is 0 Å². The van der Waals surface area contributed by atoms with Crippen LogP contribution in [0.3, 0.4) is 0 Å². The van der Waals surface area contributed by atoms with E-state index in [0.29, 0.717) is 5.41 Å². The van der Waals surface area contributed by atoms with Gasteiger partial charge in [-0.2, -0.15) is 0 Å². The van der Waals surface area contributed by atoms with Crippen LogP contribution < -0.4 is 0 Å². The largest absolute Gasteiger partial charge is 0.0628 e. The first-order valence-corrected chi connectivity index (χ1v) is 4.23. The van der Waals surface area contributed by atoms with Crippen molar-refractivity contribution in [2.45, 2.75) is 47.5 Å². The summed E-state index contributed by atoms with van der Waals surface area (Å²) < 4.78 is 0. The molecule has 0 saturated heterocycles. The maximum Gasteiger partial charge on any atom is -0.0378 e. The normalized spacial score (nSPS) is 12.6. The predicted octanol–water partition coefficient (Wildman–Crippen LogP) is 3.67. The highest BCUT2D eigenvalue weighted by Crippen LogP contribution is 2.22. The van der Waals surface area contributed by atoms with E-state index in [1.54, 1.807) is 0 Å². The maximum absolute atomic E-state index is 2.41. The van der Waals surface area contributed by atoms with Gasteiger partial charge in [0.1, 0.15) is 0 Å². The van der Waals surface area contributed by atoms with Gasteiger partial charge in [-0.25, -0.2) is 0 Å². The van der Waals surface area contributed by atoms with Crippen molar-refractivity contribution in [2.75, 3.05) is 0 Å². The third kappa shape index (κ3) is 8.00. The Hall–Kier alpha value is 0. The summed E-state index contributed by atoms with van der Waals surface area (Å²) in [6, 6.07) is 0. The maximum atomic E-state index is 2.41. The lowest BCUT2D eigenvalue weighted by atomic mass is 9.88. The van der Waals surface area contributed by atoms with Gasteiger partial charge in [-0.3, -0.25) is 0 Å². The summed E-state index contributed by atoms with van der Waals surface area (Å²) in [5.41, 5.74) is 0.481. The van der Waals surface area contributed by atoms with E-state index in [2.05, 4.69) is 41.0 Å². The molecule has 0 saturated carbocycles. The van der Waals surface area contributed by atoms with Crippen LogP contribution in [0.2, 0.25) is 0 Å². The SMILES string of the molecule is CC(C)C[CH]CC(C)(C)C. The summed E-state index contributed by atoms with van der Waals surface area (Å²) in [5.74, 6) is 0.822. The molecule has 0 spiro atoms. The van der Waals surface area contributed by atoms with Crippen molar-refractivity contribution >= 4 is 0 Å². The molecule has 61 valence electrons. The van der Waals surface area contributed by atoms with Gasteiger partial charge in [0, 0.05) is 0 Å². The molecule has 0 aliphatic carbocycles. The fourth-order valence-corrected chi connectivity index (χ4v) is 0.850. The van der Waals surface area contributed by atoms with E-state index in [1.807, 2.05) is 0 Å². The van der Waals surface area contributed by atoms with E-state index in [1.165, 1.54) is 12.8 Å². The van der Waals surface area contributed by atoms with Crippen LogP contribution in [0, 0.1) is 17.8 Å². The van der Waals surface area contributed by atoms with Gasteiger partial charge < -0.3 is 0 Å². The quantitative estimate of drug-likeness (QED) is 0.562. The number of hydrogen-bond acceptors (Lipinski definition) is 0. The van der Waals surface area contributed by atoms with Gasteiger partial charge >= 0.3 is 0 Å². The van der Waals surface area contributed by atoms with E-state index >= 15 is 0 Å². The molecule has 0 heterocycles. The molecule has 0 heteroatoms.